The number of hydrogen-bond donors (Lipinski definition) is 2. The Morgan fingerprint density at radius 2 is 2.14 bits per heavy atom. The van der Waals surface area contributed by atoms with E-state index < -0.39 is 7.12 Å². The van der Waals surface area contributed by atoms with Gasteiger partial charge in [-0.15, -0.1) is 0 Å². The number of para-hydroxylation sites is 1. The van der Waals surface area contributed by atoms with Crippen molar-refractivity contribution in [1.82, 2.24) is 4.98 Å². The van der Waals surface area contributed by atoms with Gasteiger partial charge in [-0.05, 0) is 18.6 Å². The Morgan fingerprint density at radius 1 is 1.29 bits per heavy atom. The standard InChI is InChI=1S/C15H16BNO4/c18-16(19)12-7-13(9-17-8-12)21-10-11-5-6-20-15-4-2-1-3-14(11)15/h1-4,7-9,11,18-19H,5-6,10H2. The summed E-state index contributed by atoms with van der Waals surface area (Å²) in [6.45, 7) is 1.19. The largest absolute Gasteiger partial charge is 0.493 e. The van der Waals surface area contributed by atoms with Gasteiger partial charge in [-0.25, -0.2) is 0 Å². The molecule has 0 aliphatic carbocycles. The van der Waals surface area contributed by atoms with Crippen molar-refractivity contribution in [3.05, 3.63) is 48.3 Å². The van der Waals surface area contributed by atoms with Crippen molar-refractivity contribution in [2.24, 2.45) is 0 Å². The average Bonchev–Trinajstić information content (AvgIpc) is 2.53. The molecule has 0 saturated heterocycles. The Morgan fingerprint density at radius 3 is 3.00 bits per heavy atom. The molecule has 21 heavy (non-hydrogen) atoms. The van der Waals surface area contributed by atoms with Crippen LogP contribution in [0.2, 0.25) is 0 Å². The van der Waals surface area contributed by atoms with E-state index in [1.165, 1.54) is 6.20 Å². The molecule has 0 spiro atoms. The molecule has 0 radical (unpaired) electrons. The second kappa shape index (κ2) is 6.16. The highest BCUT2D eigenvalue weighted by Gasteiger charge is 2.22. The lowest BCUT2D eigenvalue weighted by molar-refractivity contribution is 0.217. The highest BCUT2D eigenvalue weighted by Crippen LogP contribution is 2.33. The van der Waals surface area contributed by atoms with Gasteiger partial charge >= 0.3 is 7.12 Å². The van der Waals surface area contributed by atoms with Crippen LogP contribution in [-0.4, -0.2) is 35.4 Å². The van der Waals surface area contributed by atoms with Crippen LogP contribution in [0.3, 0.4) is 0 Å². The molecule has 3 rings (SSSR count). The number of pyridine rings is 1. The van der Waals surface area contributed by atoms with Gasteiger partial charge in [0.25, 0.3) is 0 Å². The fraction of sp³-hybridized carbons (Fsp3) is 0.267. The predicted octanol–water partition coefficient (Wildman–Crippen LogP) is 0.706. The van der Waals surface area contributed by atoms with E-state index in [0.29, 0.717) is 24.4 Å². The van der Waals surface area contributed by atoms with Crippen LogP contribution in [0.1, 0.15) is 17.9 Å². The maximum absolute atomic E-state index is 9.14. The number of ether oxygens (including phenoxy) is 2. The Balaban J connectivity index is 1.70. The first kappa shape index (κ1) is 13.9. The Hall–Kier alpha value is -2.05. The monoisotopic (exact) mass is 285 g/mol. The zero-order valence-electron chi connectivity index (χ0n) is 11.5. The second-order valence-electron chi connectivity index (χ2n) is 5.01. The summed E-state index contributed by atoms with van der Waals surface area (Å²) in [7, 11) is -1.54. The zero-order chi connectivity index (χ0) is 14.7. The van der Waals surface area contributed by atoms with Crippen molar-refractivity contribution >= 4 is 12.6 Å². The van der Waals surface area contributed by atoms with Gasteiger partial charge in [0, 0.05) is 23.1 Å². The lowest BCUT2D eigenvalue weighted by Gasteiger charge is -2.25. The number of nitrogens with zero attached hydrogens (tertiary/aromatic N) is 1. The minimum Gasteiger partial charge on any atom is -0.493 e. The van der Waals surface area contributed by atoms with Crippen LogP contribution < -0.4 is 14.9 Å². The van der Waals surface area contributed by atoms with Gasteiger partial charge in [0.2, 0.25) is 0 Å². The van der Waals surface area contributed by atoms with Crippen LogP contribution in [0.4, 0.5) is 0 Å². The topological polar surface area (TPSA) is 71.8 Å². The molecule has 1 aliphatic heterocycles. The molecule has 0 saturated carbocycles. The molecule has 0 amide bonds. The number of fused-ring (bicyclic) bond motifs is 1. The molecule has 1 aromatic heterocycles. The summed E-state index contributed by atoms with van der Waals surface area (Å²) in [5.74, 6) is 1.71. The minimum atomic E-state index is -1.54. The summed E-state index contributed by atoms with van der Waals surface area (Å²) in [5.41, 5.74) is 1.47. The van der Waals surface area contributed by atoms with Crippen molar-refractivity contribution in [2.45, 2.75) is 12.3 Å². The summed E-state index contributed by atoms with van der Waals surface area (Å²) in [5, 5.41) is 18.3. The summed E-state index contributed by atoms with van der Waals surface area (Å²) in [6, 6.07) is 9.55. The summed E-state index contributed by atoms with van der Waals surface area (Å²) in [4.78, 5) is 3.94. The van der Waals surface area contributed by atoms with E-state index in [2.05, 4.69) is 11.1 Å². The second-order valence-corrected chi connectivity index (χ2v) is 5.01. The van der Waals surface area contributed by atoms with E-state index in [0.717, 1.165) is 17.7 Å². The van der Waals surface area contributed by atoms with Crippen molar-refractivity contribution in [1.29, 1.82) is 0 Å². The molecule has 1 atom stereocenters. The van der Waals surface area contributed by atoms with E-state index in [1.807, 2.05) is 18.2 Å². The molecular weight excluding hydrogens is 269 g/mol. The van der Waals surface area contributed by atoms with Gasteiger partial charge in [0.05, 0.1) is 19.4 Å². The number of hydrogen-bond acceptors (Lipinski definition) is 5. The third-order valence-corrected chi connectivity index (χ3v) is 3.57. The third kappa shape index (κ3) is 3.17. The molecule has 1 aliphatic rings. The predicted molar refractivity (Wildman–Crippen MR) is 78.9 cm³/mol. The molecule has 5 nitrogen and oxygen atoms in total. The van der Waals surface area contributed by atoms with Crippen LogP contribution in [-0.2, 0) is 0 Å². The molecule has 6 heteroatoms. The third-order valence-electron chi connectivity index (χ3n) is 3.57. The Bertz CT molecular complexity index is 620. The smallest absolute Gasteiger partial charge is 0.490 e. The van der Waals surface area contributed by atoms with E-state index in [9.17, 15) is 0 Å². The first-order chi connectivity index (χ1) is 10.2. The molecule has 0 fully saturated rings. The number of benzene rings is 1. The van der Waals surface area contributed by atoms with Crippen LogP contribution in [0.15, 0.2) is 42.7 Å². The van der Waals surface area contributed by atoms with Crippen molar-refractivity contribution in [3.8, 4) is 11.5 Å². The van der Waals surface area contributed by atoms with Crippen molar-refractivity contribution < 1.29 is 19.5 Å². The fourth-order valence-electron chi connectivity index (χ4n) is 2.44. The molecule has 2 aromatic rings. The fourth-order valence-corrected chi connectivity index (χ4v) is 2.44. The van der Waals surface area contributed by atoms with Crippen molar-refractivity contribution in [2.75, 3.05) is 13.2 Å². The van der Waals surface area contributed by atoms with E-state index in [4.69, 9.17) is 19.5 Å². The molecule has 1 aromatic carbocycles. The Labute approximate surface area is 123 Å². The normalized spacial score (nSPS) is 16.8. The summed E-state index contributed by atoms with van der Waals surface area (Å²) >= 11 is 0. The highest BCUT2D eigenvalue weighted by atomic mass is 16.5. The van der Waals surface area contributed by atoms with Crippen LogP contribution in [0.5, 0.6) is 11.5 Å². The molecule has 1 unspecified atom stereocenters. The van der Waals surface area contributed by atoms with Gasteiger partial charge < -0.3 is 19.5 Å². The summed E-state index contributed by atoms with van der Waals surface area (Å²) < 4.78 is 11.4. The first-order valence-electron chi connectivity index (χ1n) is 6.89. The highest BCUT2D eigenvalue weighted by molar-refractivity contribution is 6.58. The molecule has 2 N–H and O–H groups in total. The maximum Gasteiger partial charge on any atom is 0.490 e. The van der Waals surface area contributed by atoms with Crippen LogP contribution in [0, 0.1) is 0 Å². The number of rotatable bonds is 4. The van der Waals surface area contributed by atoms with E-state index in [-0.39, 0.29) is 5.92 Å². The average molecular weight is 285 g/mol. The van der Waals surface area contributed by atoms with E-state index >= 15 is 0 Å². The molecule has 2 heterocycles. The molecule has 108 valence electrons. The van der Waals surface area contributed by atoms with Gasteiger partial charge in [-0.2, -0.15) is 0 Å². The van der Waals surface area contributed by atoms with Gasteiger partial charge in [0.1, 0.15) is 11.5 Å². The van der Waals surface area contributed by atoms with Gasteiger partial charge in [-0.1, -0.05) is 18.2 Å². The summed E-state index contributed by atoms with van der Waals surface area (Å²) in [6.07, 6.45) is 3.87. The van der Waals surface area contributed by atoms with Crippen LogP contribution >= 0.6 is 0 Å². The first-order valence-corrected chi connectivity index (χ1v) is 6.89. The van der Waals surface area contributed by atoms with Crippen LogP contribution in [0.25, 0.3) is 0 Å². The SMILES string of the molecule is OB(O)c1cncc(OCC2CCOc3ccccc32)c1. The molecule has 0 bridgehead atoms. The van der Waals surface area contributed by atoms with Crippen molar-refractivity contribution in [3.63, 3.8) is 0 Å². The Kier molecular flexibility index (Phi) is 4.08. The van der Waals surface area contributed by atoms with Gasteiger partial charge in [-0.3, -0.25) is 4.98 Å². The van der Waals surface area contributed by atoms with E-state index in [1.54, 1.807) is 12.3 Å². The minimum absolute atomic E-state index is 0.262. The molecular formula is C15H16BNO4. The maximum atomic E-state index is 9.14. The lowest BCUT2D eigenvalue weighted by atomic mass is 9.82. The quantitative estimate of drug-likeness (QED) is 0.809. The zero-order valence-corrected chi connectivity index (χ0v) is 11.5. The van der Waals surface area contributed by atoms with Gasteiger partial charge in [0.15, 0.2) is 0 Å². The lowest BCUT2D eigenvalue weighted by Crippen LogP contribution is -2.30. The number of aromatic nitrogens is 1.